The first-order valence-electron chi connectivity index (χ1n) is 7.81. The highest BCUT2D eigenvalue weighted by Gasteiger charge is 2.50. The lowest BCUT2D eigenvalue weighted by Crippen LogP contribution is -2.41. The molecule has 150 valence electrons. The fourth-order valence-electron chi connectivity index (χ4n) is 2.36. The lowest BCUT2D eigenvalue weighted by atomic mass is 10.1. The summed E-state index contributed by atoms with van der Waals surface area (Å²) in [6, 6.07) is 5.96. The summed E-state index contributed by atoms with van der Waals surface area (Å²) in [7, 11) is -3.12. The molecule has 11 heteroatoms. The number of methoxy groups -OCH3 is 1. The van der Waals surface area contributed by atoms with E-state index in [9.17, 15) is 18.0 Å². The Balaban J connectivity index is 2.25. The molecule has 1 aromatic carbocycles. The van der Waals surface area contributed by atoms with Crippen LogP contribution in [0.3, 0.4) is 0 Å². The maximum absolute atomic E-state index is 12.6. The van der Waals surface area contributed by atoms with Gasteiger partial charge in [0, 0.05) is 6.92 Å². The molecule has 0 unspecified atom stereocenters. The van der Waals surface area contributed by atoms with Crippen molar-refractivity contribution in [2.75, 3.05) is 13.7 Å². The van der Waals surface area contributed by atoms with Crippen molar-refractivity contribution in [1.82, 2.24) is 0 Å². The van der Waals surface area contributed by atoms with Gasteiger partial charge in [0.05, 0.1) is 12.0 Å². The third-order valence-corrected chi connectivity index (χ3v) is 5.31. The van der Waals surface area contributed by atoms with E-state index in [1.807, 2.05) is 0 Å². The molecule has 0 amide bonds. The molecule has 1 aliphatic heterocycles. The number of benzene rings is 1. The van der Waals surface area contributed by atoms with Crippen LogP contribution in [0, 0.1) is 6.92 Å². The summed E-state index contributed by atoms with van der Waals surface area (Å²) in [5.74, 6) is -0.704. The quantitative estimate of drug-likeness (QED) is 0.384. The summed E-state index contributed by atoms with van der Waals surface area (Å²) in [6.45, 7) is 2.52. The molecule has 4 atom stereocenters. The average Bonchev–Trinajstić information content (AvgIpc) is 2.87. The molecular formula is C16H19ClO9S. The highest BCUT2D eigenvalue weighted by atomic mass is 35.5. The molecule has 0 aromatic heterocycles. The minimum absolute atomic E-state index is 0.0969. The van der Waals surface area contributed by atoms with Crippen molar-refractivity contribution in [2.24, 2.45) is 0 Å². The number of alkyl halides is 1. The van der Waals surface area contributed by atoms with Crippen LogP contribution < -0.4 is 0 Å². The molecule has 0 bridgehead atoms. The van der Waals surface area contributed by atoms with E-state index < -0.39 is 52.7 Å². The second kappa shape index (κ2) is 8.87. The van der Waals surface area contributed by atoms with Gasteiger partial charge in [0.1, 0.15) is 18.8 Å². The van der Waals surface area contributed by atoms with E-state index in [1.165, 1.54) is 12.1 Å². The predicted molar refractivity (Wildman–Crippen MR) is 91.7 cm³/mol. The molecular weight excluding hydrogens is 404 g/mol. The maximum Gasteiger partial charge on any atom is 0.508 e. The maximum atomic E-state index is 12.6. The van der Waals surface area contributed by atoms with Gasteiger partial charge in [0.15, 0.2) is 11.7 Å². The van der Waals surface area contributed by atoms with E-state index in [4.69, 9.17) is 30.0 Å². The first kappa shape index (κ1) is 21.4. The summed E-state index contributed by atoms with van der Waals surface area (Å²) in [6.07, 6.45) is -4.65. The van der Waals surface area contributed by atoms with Crippen LogP contribution >= 0.6 is 11.6 Å². The van der Waals surface area contributed by atoms with Crippen LogP contribution in [0.25, 0.3) is 0 Å². The van der Waals surface area contributed by atoms with Gasteiger partial charge in [0.25, 0.3) is 10.1 Å². The molecule has 1 saturated heterocycles. The molecule has 0 aliphatic carbocycles. The van der Waals surface area contributed by atoms with E-state index in [2.05, 4.69) is 4.74 Å². The van der Waals surface area contributed by atoms with Gasteiger partial charge in [-0.2, -0.15) is 8.42 Å². The summed E-state index contributed by atoms with van der Waals surface area (Å²) in [5.41, 5.74) is -0.334. The van der Waals surface area contributed by atoms with Crippen LogP contribution in [0.5, 0.6) is 0 Å². The molecule has 27 heavy (non-hydrogen) atoms. The molecule has 0 radical (unpaired) electrons. The third kappa shape index (κ3) is 5.55. The second-order valence-corrected chi connectivity index (χ2v) is 7.70. The third-order valence-electron chi connectivity index (χ3n) is 3.63. The smallest absolute Gasteiger partial charge is 0.455 e. The van der Waals surface area contributed by atoms with E-state index in [-0.39, 0.29) is 4.90 Å². The number of ether oxygens (including phenoxy) is 4. The topological polar surface area (TPSA) is 114 Å². The zero-order chi connectivity index (χ0) is 20.2. The zero-order valence-electron chi connectivity index (χ0n) is 14.8. The van der Waals surface area contributed by atoms with Crippen molar-refractivity contribution >= 4 is 33.8 Å². The number of carbonyl (C=O) groups is 2. The number of hydrogen-bond donors (Lipinski definition) is 0. The van der Waals surface area contributed by atoms with Crippen LogP contribution in [0.4, 0.5) is 4.79 Å². The lowest BCUT2D eigenvalue weighted by molar-refractivity contribution is -0.150. The number of aryl methyl sites for hydroxylation is 1. The van der Waals surface area contributed by atoms with E-state index >= 15 is 0 Å². The number of carbonyl (C=O) groups excluding carboxylic acids is 2. The normalized spacial score (nSPS) is 25.0. The molecule has 0 N–H and O–H groups in total. The Kier molecular flexibility index (Phi) is 7.04. The zero-order valence-corrected chi connectivity index (χ0v) is 16.4. The molecule has 1 aromatic rings. The van der Waals surface area contributed by atoms with E-state index in [0.29, 0.717) is 0 Å². The van der Waals surface area contributed by atoms with Crippen molar-refractivity contribution in [1.29, 1.82) is 0 Å². The van der Waals surface area contributed by atoms with E-state index in [1.54, 1.807) is 19.1 Å². The Morgan fingerprint density at radius 2 is 1.81 bits per heavy atom. The Morgan fingerprint density at radius 1 is 1.19 bits per heavy atom. The molecule has 1 fully saturated rings. The fourth-order valence-corrected chi connectivity index (χ4v) is 3.79. The minimum Gasteiger partial charge on any atom is -0.455 e. The van der Waals surface area contributed by atoms with Crippen molar-refractivity contribution in [3.8, 4) is 0 Å². The van der Waals surface area contributed by atoms with Crippen LogP contribution in [-0.4, -0.2) is 58.1 Å². The summed E-state index contributed by atoms with van der Waals surface area (Å²) < 4.78 is 49.9. The van der Waals surface area contributed by atoms with Crippen LogP contribution in [0.1, 0.15) is 12.5 Å². The van der Waals surface area contributed by atoms with Crippen molar-refractivity contribution in [3.63, 3.8) is 0 Å². The van der Waals surface area contributed by atoms with Gasteiger partial charge in [-0.15, -0.1) is 0 Å². The lowest BCUT2D eigenvalue weighted by Gasteiger charge is -2.22. The summed E-state index contributed by atoms with van der Waals surface area (Å²) in [5, 5.41) is 0. The minimum atomic E-state index is -4.23. The van der Waals surface area contributed by atoms with Gasteiger partial charge in [-0.05, 0) is 19.1 Å². The van der Waals surface area contributed by atoms with Gasteiger partial charge in [-0.25, -0.2) is 4.79 Å². The predicted octanol–water partition coefficient (Wildman–Crippen LogP) is 1.75. The van der Waals surface area contributed by atoms with Gasteiger partial charge in [0.2, 0.25) is 0 Å². The Morgan fingerprint density at radius 3 is 2.37 bits per heavy atom. The first-order valence-corrected chi connectivity index (χ1v) is 9.66. The second-order valence-electron chi connectivity index (χ2n) is 5.69. The SMILES string of the molecule is COC(=O)OC[C@H]1O[C@H](Cl)[C@H](OC(C)=O)[C@H]1OS(=O)(=O)c1ccc(C)cc1. The van der Waals surface area contributed by atoms with Crippen LogP contribution in [0.15, 0.2) is 29.2 Å². The molecule has 1 heterocycles. The average molecular weight is 423 g/mol. The Labute approximate surface area is 161 Å². The van der Waals surface area contributed by atoms with Crippen molar-refractivity contribution in [3.05, 3.63) is 29.8 Å². The standard InChI is InChI=1S/C16H19ClO9S/c1-9-4-6-11(7-5-9)27(20,21)26-13-12(8-23-16(19)22-3)25-15(17)14(13)24-10(2)18/h4-7,12-15H,8H2,1-3H3/t12-,13+,14-,15+/m1/s1. The molecule has 2 rings (SSSR count). The van der Waals surface area contributed by atoms with Crippen molar-refractivity contribution < 1.29 is 41.1 Å². The molecule has 0 spiro atoms. The number of hydrogen-bond acceptors (Lipinski definition) is 9. The van der Waals surface area contributed by atoms with Gasteiger partial charge in [-0.1, -0.05) is 29.3 Å². The van der Waals surface area contributed by atoms with Gasteiger partial charge < -0.3 is 18.9 Å². The molecule has 0 saturated carbocycles. The first-order chi connectivity index (χ1) is 12.6. The Hall–Kier alpha value is -1.88. The van der Waals surface area contributed by atoms with Crippen LogP contribution in [0.2, 0.25) is 0 Å². The van der Waals surface area contributed by atoms with E-state index in [0.717, 1.165) is 19.6 Å². The highest BCUT2D eigenvalue weighted by Crippen LogP contribution is 2.32. The molecule has 1 aliphatic rings. The number of halogens is 1. The van der Waals surface area contributed by atoms with Gasteiger partial charge in [-0.3, -0.25) is 8.98 Å². The largest absolute Gasteiger partial charge is 0.508 e. The van der Waals surface area contributed by atoms with Crippen LogP contribution in [-0.2, 0) is 38.0 Å². The number of rotatable bonds is 6. The number of esters is 1. The summed E-state index contributed by atoms with van der Waals surface area (Å²) >= 11 is 6.01. The highest BCUT2D eigenvalue weighted by molar-refractivity contribution is 7.86. The fraction of sp³-hybridized carbons (Fsp3) is 0.500. The van der Waals surface area contributed by atoms with Crippen molar-refractivity contribution in [2.45, 2.75) is 42.6 Å². The monoisotopic (exact) mass is 422 g/mol. The molecule has 9 nitrogen and oxygen atoms in total. The van der Waals surface area contributed by atoms with Gasteiger partial charge >= 0.3 is 12.1 Å². The summed E-state index contributed by atoms with van der Waals surface area (Å²) in [4.78, 5) is 22.4. The Bertz CT molecular complexity index is 778.